The van der Waals surface area contributed by atoms with E-state index in [0.29, 0.717) is 22.5 Å². The van der Waals surface area contributed by atoms with Crippen molar-refractivity contribution in [1.29, 1.82) is 0 Å². The van der Waals surface area contributed by atoms with Crippen molar-refractivity contribution >= 4 is 23.4 Å². The lowest BCUT2D eigenvalue weighted by Crippen LogP contribution is -2.21. The zero-order chi connectivity index (χ0) is 27.8. The first-order valence-corrected chi connectivity index (χ1v) is 11.4. The quantitative estimate of drug-likeness (QED) is 0.0961. The molecule has 0 saturated carbocycles. The summed E-state index contributed by atoms with van der Waals surface area (Å²) in [6.07, 6.45) is -6.55. The fourth-order valence-corrected chi connectivity index (χ4v) is 3.26. The third kappa shape index (κ3) is 9.30. The molecule has 3 aromatic rings. The van der Waals surface area contributed by atoms with E-state index in [1.807, 2.05) is 0 Å². The molecule has 0 bridgehead atoms. The Bertz CT molecular complexity index is 1220. The molecule has 0 spiro atoms. The molecular formula is C27H25F5N2O4. The van der Waals surface area contributed by atoms with Crippen molar-refractivity contribution in [3.05, 3.63) is 89.5 Å². The third-order valence-corrected chi connectivity index (χ3v) is 5.02. The smallest absolute Gasteiger partial charge is 0.426 e. The van der Waals surface area contributed by atoms with Crippen molar-refractivity contribution in [3.63, 3.8) is 0 Å². The Morgan fingerprint density at radius 1 is 0.842 bits per heavy atom. The summed E-state index contributed by atoms with van der Waals surface area (Å²) in [6, 6.07) is 15.0. The highest BCUT2D eigenvalue weighted by molar-refractivity contribution is 5.87. The van der Waals surface area contributed by atoms with Crippen LogP contribution in [0.4, 0.5) is 33.3 Å². The Kier molecular flexibility index (Phi) is 9.16. The van der Waals surface area contributed by atoms with Gasteiger partial charge in [-0.2, -0.15) is 22.0 Å². The average molecular weight is 536 g/mol. The van der Waals surface area contributed by atoms with Crippen LogP contribution in [-0.2, 0) is 22.2 Å². The number of ether oxygens (including phenoxy) is 3. The summed E-state index contributed by atoms with van der Waals surface area (Å²) in [7, 11) is 0. The minimum absolute atomic E-state index is 0.0224. The summed E-state index contributed by atoms with van der Waals surface area (Å²) in [5.41, 5.74) is 13.0. The highest BCUT2D eigenvalue weighted by Gasteiger charge is 2.34. The topological polar surface area (TPSA) is 96.8 Å². The maximum absolute atomic E-state index is 14.6. The molecule has 0 aliphatic rings. The number of hydrogen-bond donors (Lipinski definition) is 2. The minimum atomic E-state index is -4.28. The first-order chi connectivity index (χ1) is 17.9. The van der Waals surface area contributed by atoms with Crippen LogP contribution in [0.5, 0.6) is 11.5 Å². The van der Waals surface area contributed by atoms with Gasteiger partial charge in [-0.25, -0.2) is 4.79 Å². The summed E-state index contributed by atoms with van der Waals surface area (Å²) >= 11 is 0. The van der Waals surface area contributed by atoms with Gasteiger partial charge in [0, 0.05) is 23.9 Å². The van der Waals surface area contributed by atoms with Crippen LogP contribution in [0.3, 0.4) is 0 Å². The number of hydrogen-bond acceptors (Lipinski definition) is 6. The van der Waals surface area contributed by atoms with E-state index >= 15 is 0 Å². The fourth-order valence-electron chi connectivity index (χ4n) is 3.26. The molecule has 0 saturated heterocycles. The standard InChI is InChI=1S/C27H25F5N2O4/c28-26(29,30)12-1-13-36-23-9-5-20(6-10-23)27(31,32)38-24-7-2-18(3-8-24)4-11-25(35)37-17-19-14-21(33)16-22(34)15-19/h2-11,14-16H,1,12-13,17,33-34H2. The van der Waals surface area contributed by atoms with E-state index in [1.165, 1.54) is 48.6 Å². The average Bonchev–Trinajstić information content (AvgIpc) is 2.84. The summed E-state index contributed by atoms with van der Waals surface area (Å²) < 4.78 is 80.7. The van der Waals surface area contributed by atoms with E-state index in [2.05, 4.69) is 0 Å². The molecule has 3 aromatic carbocycles. The number of halogens is 5. The second-order valence-electron chi connectivity index (χ2n) is 8.23. The first-order valence-electron chi connectivity index (χ1n) is 11.4. The molecule has 0 fully saturated rings. The summed E-state index contributed by atoms with van der Waals surface area (Å²) in [4.78, 5) is 12.0. The number of nitrogens with two attached hydrogens (primary N) is 2. The third-order valence-electron chi connectivity index (χ3n) is 5.02. The Labute approximate surface area is 215 Å². The number of benzene rings is 3. The van der Waals surface area contributed by atoms with Crippen LogP contribution in [0.25, 0.3) is 6.08 Å². The van der Waals surface area contributed by atoms with Gasteiger partial charge < -0.3 is 25.7 Å². The molecule has 11 heteroatoms. The molecule has 0 unspecified atom stereocenters. The second-order valence-corrected chi connectivity index (χ2v) is 8.23. The van der Waals surface area contributed by atoms with Crippen molar-refractivity contribution in [2.24, 2.45) is 0 Å². The van der Waals surface area contributed by atoms with Crippen LogP contribution in [0.15, 0.2) is 72.8 Å². The van der Waals surface area contributed by atoms with Gasteiger partial charge in [-0.15, -0.1) is 0 Å². The molecular weight excluding hydrogens is 511 g/mol. The zero-order valence-electron chi connectivity index (χ0n) is 20.0. The summed E-state index contributed by atoms with van der Waals surface area (Å²) in [5.74, 6) is -0.578. The second kappa shape index (κ2) is 12.3. The predicted molar refractivity (Wildman–Crippen MR) is 132 cm³/mol. The zero-order valence-corrected chi connectivity index (χ0v) is 20.0. The number of esters is 1. The number of nitrogen functional groups attached to an aromatic ring is 2. The van der Waals surface area contributed by atoms with Gasteiger partial charge >= 0.3 is 18.3 Å². The van der Waals surface area contributed by atoms with Crippen molar-refractivity contribution in [1.82, 2.24) is 0 Å². The number of carbonyl (C=O) groups excluding carboxylic acids is 1. The lowest BCUT2D eigenvalue weighted by atomic mass is 10.2. The van der Waals surface area contributed by atoms with Gasteiger partial charge in [-0.3, -0.25) is 0 Å². The van der Waals surface area contributed by atoms with Gasteiger partial charge in [0.25, 0.3) is 0 Å². The molecule has 0 heterocycles. The highest BCUT2D eigenvalue weighted by Crippen LogP contribution is 2.33. The maximum atomic E-state index is 14.6. The Balaban J connectivity index is 1.49. The van der Waals surface area contributed by atoms with Crippen molar-refractivity contribution in [3.8, 4) is 11.5 Å². The van der Waals surface area contributed by atoms with Gasteiger partial charge in [0.1, 0.15) is 18.1 Å². The molecule has 4 N–H and O–H groups in total. The summed E-state index contributed by atoms with van der Waals surface area (Å²) in [5, 5.41) is 0. The highest BCUT2D eigenvalue weighted by atomic mass is 19.4. The Morgan fingerprint density at radius 3 is 2.05 bits per heavy atom. The van der Waals surface area contributed by atoms with Gasteiger partial charge in [0.05, 0.1) is 12.2 Å². The molecule has 0 radical (unpaired) electrons. The summed E-state index contributed by atoms with van der Waals surface area (Å²) in [6.45, 7) is -0.215. The van der Waals surface area contributed by atoms with E-state index in [4.69, 9.17) is 25.7 Å². The van der Waals surface area contributed by atoms with E-state index in [-0.39, 0.29) is 31.1 Å². The number of rotatable bonds is 11. The van der Waals surface area contributed by atoms with Crippen molar-refractivity contribution in [2.75, 3.05) is 18.1 Å². The molecule has 6 nitrogen and oxygen atoms in total. The van der Waals surface area contributed by atoms with E-state index < -0.39 is 30.2 Å². The molecule has 0 aromatic heterocycles. The lowest BCUT2D eigenvalue weighted by molar-refractivity contribution is -0.185. The van der Waals surface area contributed by atoms with Gasteiger partial charge in [-0.05, 0) is 78.2 Å². The van der Waals surface area contributed by atoms with E-state index in [1.54, 1.807) is 18.2 Å². The van der Waals surface area contributed by atoms with Gasteiger partial charge in [0.15, 0.2) is 0 Å². The fraction of sp³-hybridized carbons (Fsp3) is 0.222. The van der Waals surface area contributed by atoms with Crippen LogP contribution >= 0.6 is 0 Å². The van der Waals surface area contributed by atoms with E-state index in [9.17, 15) is 26.7 Å². The van der Waals surface area contributed by atoms with Crippen LogP contribution in [0.2, 0.25) is 0 Å². The van der Waals surface area contributed by atoms with Gasteiger partial charge in [0.2, 0.25) is 0 Å². The molecule has 3 rings (SSSR count). The first kappa shape index (κ1) is 28.3. The van der Waals surface area contributed by atoms with Crippen molar-refractivity contribution < 1.29 is 41.0 Å². The number of alkyl halides is 5. The van der Waals surface area contributed by atoms with Gasteiger partial charge in [-0.1, -0.05) is 12.1 Å². The molecule has 0 aliphatic carbocycles. The normalized spacial score (nSPS) is 11.9. The molecule has 0 atom stereocenters. The Morgan fingerprint density at radius 2 is 1.45 bits per heavy atom. The van der Waals surface area contributed by atoms with E-state index in [0.717, 1.165) is 12.1 Å². The lowest BCUT2D eigenvalue weighted by Gasteiger charge is -2.18. The molecule has 38 heavy (non-hydrogen) atoms. The largest absolute Gasteiger partial charge is 0.494 e. The van der Waals surface area contributed by atoms with Crippen LogP contribution in [0, 0.1) is 0 Å². The van der Waals surface area contributed by atoms with Crippen LogP contribution < -0.4 is 20.9 Å². The predicted octanol–water partition coefficient (Wildman–Crippen LogP) is 6.46. The Hall–Kier alpha value is -4.28. The minimum Gasteiger partial charge on any atom is -0.494 e. The number of carbonyl (C=O) groups is 1. The SMILES string of the molecule is Nc1cc(N)cc(COC(=O)C=Cc2ccc(OC(F)(F)c3ccc(OCCCC(F)(F)F)cc3)cc2)c1. The monoisotopic (exact) mass is 536 g/mol. The maximum Gasteiger partial charge on any atom is 0.426 e. The van der Waals surface area contributed by atoms with Crippen molar-refractivity contribution in [2.45, 2.75) is 31.7 Å². The van der Waals surface area contributed by atoms with Crippen LogP contribution in [0.1, 0.15) is 29.5 Å². The molecule has 202 valence electrons. The molecule has 0 aliphatic heterocycles. The van der Waals surface area contributed by atoms with Crippen LogP contribution in [-0.4, -0.2) is 18.8 Å². The number of anilines is 2. The molecule has 0 amide bonds.